The van der Waals surface area contributed by atoms with E-state index in [4.69, 9.17) is 9.47 Å². The van der Waals surface area contributed by atoms with E-state index in [9.17, 15) is 9.59 Å². The number of nitrogens with zero attached hydrogens (tertiary/aromatic N) is 3. The van der Waals surface area contributed by atoms with E-state index < -0.39 is 0 Å². The Bertz CT molecular complexity index is 1070. The van der Waals surface area contributed by atoms with Gasteiger partial charge in [-0.1, -0.05) is 0 Å². The normalized spacial score (nSPS) is 10.6. The second-order valence-electron chi connectivity index (χ2n) is 6.28. The van der Waals surface area contributed by atoms with E-state index in [2.05, 4.69) is 15.4 Å². The van der Waals surface area contributed by atoms with Gasteiger partial charge in [-0.2, -0.15) is 5.10 Å². The Hall–Kier alpha value is -3.20. The maximum absolute atomic E-state index is 12.5. The van der Waals surface area contributed by atoms with Gasteiger partial charge < -0.3 is 14.8 Å². The number of aryl methyl sites for hydroxylation is 2. The van der Waals surface area contributed by atoms with Crippen LogP contribution in [0, 0.1) is 13.8 Å². The predicted octanol–water partition coefficient (Wildman–Crippen LogP) is 2.43. The van der Waals surface area contributed by atoms with Crippen LogP contribution in [0.4, 0.5) is 0 Å². The fraction of sp³-hybridized carbons (Fsp3) is 0.300. The average molecular weight is 414 g/mol. The van der Waals surface area contributed by atoms with Crippen molar-refractivity contribution in [1.82, 2.24) is 20.1 Å². The molecule has 0 unspecified atom stereocenters. The highest BCUT2D eigenvalue weighted by atomic mass is 32.1. The first-order valence-corrected chi connectivity index (χ1v) is 9.76. The number of aromatic nitrogens is 3. The molecule has 0 aliphatic heterocycles. The zero-order valence-corrected chi connectivity index (χ0v) is 17.5. The van der Waals surface area contributed by atoms with Crippen molar-refractivity contribution >= 4 is 17.2 Å². The topological polar surface area (TPSA) is 95.3 Å². The third-order valence-electron chi connectivity index (χ3n) is 4.23. The number of carbonyl (C=O) groups excluding carboxylic acids is 1. The Labute approximate surface area is 172 Å². The molecule has 1 amide bonds. The molecule has 0 bridgehead atoms. The molecule has 0 spiro atoms. The second-order valence-corrected chi connectivity index (χ2v) is 7.49. The molecular weight excluding hydrogens is 392 g/mol. The van der Waals surface area contributed by atoms with Crippen molar-refractivity contribution < 1.29 is 14.3 Å². The molecule has 0 atom stereocenters. The van der Waals surface area contributed by atoms with Gasteiger partial charge in [0, 0.05) is 24.2 Å². The molecule has 1 N–H and O–H groups in total. The molecule has 0 aliphatic carbocycles. The Balaban J connectivity index is 1.70. The summed E-state index contributed by atoms with van der Waals surface area (Å²) in [6.45, 7) is 4.34. The molecule has 9 heteroatoms. The lowest BCUT2D eigenvalue weighted by Gasteiger charge is -2.10. The fourth-order valence-corrected chi connectivity index (χ4v) is 3.70. The number of carbonyl (C=O) groups is 1. The number of ether oxygens (including phenoxy) is 2. The lowest BCUT2D eigenvalue weighted by molar-refractivity contribution is 0.0951. The van der Waals surface area contributed by atoms with Crippen LogP contribution in [-0.2, 0) is 6.54 Å². The van der Waals surface area contributed by atoms with Gasteiger partial charge in [-0.25, -0.2) is 9.67 Å². The van der Waals surface area contributed by atoms with Gasteiger partial charge >= 0.3 is 0 Å². The van der Waals surface area contributed by atoms with Gasteiger partial charge in [0.25, 0.3) is 11.5 Å². The zero-order valence-electron chi connectivity index (χ0n) is 16.7. The molecular formula is C20H22N4O4S. The number of methoxy groups -OCH3 is 2. The number of amides is 1. The molecule has 2 heterocycles. The van der Waals surface area contributed by atoms with Crippen LogP contribution in [0.15, 0.2) is 35.1 Å². The Morgan fingerprint density at radius 3 is 2.41 bits per heavy atom. The summed E-state index contributed by atoms with van der Waals surface area (Å²) in [6, 6.07) is 8.11. The molecule has 8 nitrogen and oxygen atoms in total. The van der Waals surface area contributed by atoms with Crippen molar-refractivity contribution in [1.29, 1.82) is 0 Å². The maximum Gasteiger partial charge on any atom is 0.266 e. The predicted molar refractivity (Wildman–Crippen MR) is 111 cm³/mol. The number of hydrogen-bond acceptors (Lipinski definition) is 7. The first-order chi connectivity index (χ1) is 13.9. The Morgan fingerprint density at radius 2 is 1.83 bits per heavy atom. The van der Waals surface area contributed by atoms with E-state index in [1.54, 1.807) is 24.3 Å². The number of thiazole rings is 1. The number of rotatable bonds is 7. The van der Waals surface area contributed by atoms with Gasteiger partial charge in [-0.3, -0.25) is 9.59 Å². The van der Waals surface area contributed by atoms with Crippen molar-refractivity contribution in [2.45, 2.75) is 20.4 Å². The van der Waals surface area contributed by atoms with E-state index in [0.29, 0.717) is 22.8 Å². The van der Waals surface area contributed by atoms with Crippen LogP contribution in [-0.4, -0.2) is 41.4 Å². The van der Waals surface area contributed by atoms with Crippen molar-refractivity contribution in [3.8, 4) is 22.1 Å². The quantitative estimate of drug-likeness (QED) is 0.638. The highest BCUT2D eigenvalue weighted by Crippen LogP contribution is 2.27. The van der Waals surface area contributed by atoms with Crippen LogP contribution in [0.3, 0.4) is 0 Å². The van der Waals surface area contributed by atoms with Gasteiger partial charge in [0.05, 0.1) is 36.3 Å². The SMILES string of the molecule is COc1cc(OC)cc(C(=O)NCCn2nc(-c3sc(C)nc3C)ccc2=O)c1. The molecule has 1 aromatic carbocycles. The molecule has 0 fully saturated rings. The van der Waals surface area contributed by atoms with Crippen molar-refractivity contribution in [2.24, 2.45) is 0 Å². The van der Waals surface area contributed by atoms with Gasteiger partial charge in [-0.05, 0) is 32.0 Å². The summed E-state index contributed by atoms with van der Waals surface area (Å²) in [6.07, 6.45) is 0. The molecule has 0 saturated heterocycles. The molecule has 2 aromatic heterocycles. The molecule has 3 rings (SSSR count). The van der Waals surface area contributed by atoms with Gasteiger partial charge in [-0.15, -0.1) is 11.3 Å². The van der Waals surface area contributed by atoms with E-state index in [1.807, 2.05) is 13.8 Å². The summed E-state index contributed by atoms with van der Waals surface area (Å²) in [5.74, 6) is 0.756. The zero-order chi connectivity index (χ0) is 21.0. The van der Waals surface area contributed by atoms with Crippen molar-refractivity contribution in [3.63, 3.8) is 0 Å². The highest BCUT2D eigenvalue weighted by Gasteiger charge is 2.12. The summed E-state index contributed by atoms with van der Waals surface area (Å²) >= 11 is 1.53. The lowest BCUT2D eigenvalue weighted by atomic mass is 10.2. The van der Waals surface area contributed by atoms with Crippen LogP contribution in [0.2, 0.25) is 0 Å². The van der Waals surface area contributed by atoms with Crippen LogP contribution >= 0.6 is 11.3 Å². The van der Waals surface area contributed by atoms with Crippen LogP contribution in [0.5, 0.6) is 11.5 Å². The van der Waals surface area contributed by atoms with Crippen LogP contribution in [0.25, 0.3) is 10.6 Å². The summed E-state index contributed by atoms with van der Waals surface area (Å²) in [4.78, 5) is 29.9. The summed E-state index contributed by atoms with van der Waals surface area (Å²) in [7, 11) is 3.04. The maximum atomic E-state index is 12.5. The van der Waals surface area contributed by atoms with Crippen LogP contribution < -0.4 is 20.3 Å². The fourth-order valence-electron chi connectivity index (χ4n) is 2.82. The smallest absolute Gasteiger partial charge is 0.266 e. The third-order valence-corrected chi connectivity index (χ3v) is 5.32. The lowest BCUT2D eigenvalue weighted by Crippen LogP contribution is -2.32. The minimum absolute atomic E-state index is 0.232. The molecule has 0 saturated carbocycles. The highest BCUT2D eigenvalue weighted by molar-refractivity contribution is 7.15. The van der Waals surface area contributed by atoms with Gasteiger partial charge in [0.2, 0.25) is 0 Å². The van der Waals surface area contributed by atoms with Crippen molar-refractivity contribution in [3.05, 3.63) is 57.0 Å². The monoisotopic (exact) mass is 414 g/mol. The third kappa shape index (κ3) is 4.80. The first kappa shape index (κ1) is 20.5. The van der Waals surface area contributed by atoms with Crippen molar-refractivity contribution in [2.75, 3.05) is 20.8 Å². The number of nitrogens with one attached hydrogen (secondary N) is 1. The summed E-state index contributed by atoms with van der Waals surface area (Å²) < 4.78 is 11.7. The summed E-state index contributed by atoms with van der Waals surface area (Å²) in [5, 5.41) is 8.16. The number of benzene rings is 1. The summed E-state index contributed by atoms with van der Waals surface area (Å²) in [5.41, 5.74) is 1.75. The van der Waals surface area contributed by atoms with E-state index in [-0.39, 0.29) is 24.6 Å². The minimum Gasteiger partial charge on any atom is -0.497 e. The Kier molecular flexibility index (Phi) is 6.28. The Morgan fingerprint density at radius 1 is 1.14 bits per heavy atom. The number of hydrogen-bond donors (Lipinski definition) is 1. The minimum atomic E-state index is -0.291. The molecule has 29 heavy (non-hydrogen) atoms. The standard InChI is InChI=1S/C20H22N4O4S/c1-12-19(29-13(2)22-12)17-5-6-18(25)24(23-17)8-7-21-20(26)14-9-15(27-3)11-16(10-14)28-4/h5-6,9-11H,7-8H2,1-4H3,(H,21,26). The largest absolute Gasteiger partial charge is 0.497 e. The van der Waals surface area contributed by atoms with E-state index in [1.165, 1.54) is 36.3 Å². The van der Waals surface area contributed by atoms with Gasteiger partial charge in [0.15, 0.2) is 0 Å². The molecule has 152 valence electrons. The van der Waals surface area contributed by atoms with Crippen LogP contribution in [0.1, 0.15) is 21.1 Å². The van der Waals surface area contributed by atoms with Gasteiger partial charge in [0.1, 0.15) is 17.2 Å². The van der Waals surface area contributed by atoms with E-state index in [0.717, 1.165) is 15.6 Å². The van der Waals surface area contributed by atoms with E-state index >= 15 is 0 Å². The molecule has 0 aliphatic rings. The second kappa shape index (κ2) is 8.87. The molecule has 3 aromatic rings. The molecule has 0 radical (unpaired) electrons. The average Bonchev–Trinajstić information content (AvgIpc) is 3.06. The first-order valence-electron chi connectivity index (χ1n) is 8.95.